The van der Waals surface area contributed by atoms with Gasteiger partial charge in [-0.05, 0) is 0 Å². The predicted molar refractivity (Wildman–Crippen MR) is 105 cm³/mol. The summed E-state index contributed by atoms with van der Waals surface area (Å²) in [4.78, 5) is 0. The van der Waals surface area contributed by atoms with Gasteiger partial charge in [0.15, 0.2) is 0 Å². The standard InChI is InChI=1S/C12H10Ge.2C3H9Ge/c1-3-7-11(8-4-1)13-12-9-5-2-6-10-12;2*1-4(2)3/h1-10H;2*1-3H3. The minimum atomic E-state index is -0.333. The molecule has 3 heteroatoms. The first-order chi connectivity index (χ1) is 9.91. The Morgan fingerprint density at radius 3 is 1.00 bits per heavy atom. The molecule has 2 aromatic carbocycles. The molecule has 0 nitrogen and oxygen atoms in total. The fourth-order valence-corrected chi connectivity index (χ4v) is 3.42. The zero-order valence-electron chi connectivity index (χ0n) is 14.3. The third-order valence-corrected chi connectivity index (χ3v) is 4.45. The Hall–Kier alpha value is 0.0686. The number of rotatable bonds is 2. The van der Waals surface area contributed by atoms with Gasteiger partial charge in [-0.15, -0.1) is 0 Å². The Bertz CT molecular complexity index is 390. The van der Waals surface area contributed by atoms with Gasteiger partial charge in [-0.2, -0.15) is 0 Å². The molecule has 0 saturated carbocycles. The van der Waals surface area contributed by atoms with Crippen molar-refractivity contribution in [1.82, 2.24) is 0 Å². The molecule has 0 heterocycles. The molecule has 0 N–H and O–H groups in total. The van der Waals surface area contributed by atoms with Gasteiger partial charge in [0.05, 0.1) is 0 Å². The molecule has 0 bridgehead atoms. The molecule has 2 rings (SSSR count). The summed E-state index contributed by atoms with van der Waals surface area (Å²) >= 11 is -0.774. The summed E-state index contributed by atoms with van der Waals surface area (Å²) in [6, 6.07) is 21.5. The van der Waals surface area contributed by atoms with Crippen molar-refractivity contribution in [3.8, 4) is 0 Å². The van der Waals surface area contributed by atoms with Crippen LogP contribution in [0.3, 0.4) is 0 Å². The summed E-state index contributed by atoms with van der Waals surface area (Å²) in [5.41, 5.74) is 0. The van der Waals surface area contributed by atoms with Gasteiger partial charge >= 0.3 is 148 Å². The van der Waals surface area contributed by atoms with Crippen LogP contribution in [0.1, 0.15) is 0 Å². The Morgan fingerprint density at radius 2 is 0.762 bits per heavy atom. The van der Waals surface area contributed by atoms with E-state index in [4.69, 9.17) is 0 Å². The summed E-state index contributed by atoms with van der Waals surface area (Å²) in [6.45, 7) is 0. The maximum absolute atomic E-state index is 2.33. The molecule has 0 saturated heterocycles. The normalized spacial score (nSPS) is 9.52. The number of hydrogen-bond acceptors (Lipinski definition) is 0. The van der Waals surface area contributed by atoms with Gasteiger partial charge in [0.25, 0.3) is 0 Å². The van der Waals surface area contributed by atoms with E-state index in [-0.39, 0.29) is 44.1 Å². The Morgan fingerprint density at radius 1 is 0.524 bits per heavy atom. The molecule has 0 aliphatic rings. The van der Waals surface area contributed by atoms with E-state index in [0.717, 1.165) is 0 Å². The van der Waals surface area contributed by atoms with Gasteiger partial charge < -0.3 is 0 Å². The van der Waals surface area contributed by atoms with Crippen LogP contribution in [0, 0.1) is 0 Å². The zero-order chi connectivity index (χ0) is 16.1. The molecule has 112 valence electrons. The molecule has 0 atom stereocenters. The van der Waals surface area contributed by atoms with E-state index in [1.54, 1.807) is 0 Å². The summed E-state index contributed by atoms with van der Waals surface area (Å²) < 4.78 is 2.99. The van der Waals surface area contributed by atoms with E-state index in [1.807, 2.05) is 0 Å². The third-order valence-electron chi connectivity index (χ3n) is 1.84. The van der Waals surface area contributed by atoms with Gasteiger partial charge in [-0.25, -0.2) is 0 Å². The Kier molecular flexibility index (Phi) is 13.8. The third kappa shape index (κ3) is 16.3. The van der Waals surface area contributed by atoms with Crippen LogP contribution in [-0.4, -0.2) is 44.1 Å². The van der Waals surface area contributed by atoms with E-state index in [9.17, 15) is 0 Å². The van der Waals surface area contributed by atoms with Crippen LogP contribution >= 0.6 is 0 Å². The second kappa shape index (κ2) is 13.7. The van der Waals surface area contributed by atoms with Crippen LogP contribution in [0.15, 0.2) is 60.7 Å². The fourth-order valence-electron chi connectivity index (χ4n) is 1.21. The van der Waals surface area contributed by atoms with Crippen molar-refractivity contribution >= 4 is 52.9 Å². The van der Waals surface area contributed by atoms with Crippen molar-refractivity contribution in [2.24, 2.45) is 0 Å². The monoisotopic (exact) mass is 466 g/mol. The average molecular weight is 462 g/mol. The Balaban J connectivity index is 0.000000421. The second-order valence-corrected chi connectivity index (χ2v) is 21.4. The van der Waals surface area contributed by atoms with Crippen molar-refractivity contribution in [3.63, 3.8) is 0 Å². The van der Waals surface area contributed by atoms with E-state index in [2.05, 4.69) is 95.2 Å². The predicted octanol–water partition coefficient (Wildman–Crippen LogP) is 4.08. The van der Waals surface area contributed by atoms with Crippen LogP contribution < -0.4 is 8.79 Å². The van der Waals surface area contributed by atoms with Gasteiger partial charge in [-0.1, -0.05) is 0 Å². The van der Waals surface area contributed by atoms with Crippen molar-refractivity contribution in [2.75, 3.05) is 0 Å². The van der Waals surface area contributed by atoms with E-state index in [0.29, 0.717) is 0 Å². The van der Waals surface area contributed by atoms with E-state index >= 15 is 0 Å². The van der Waals surface area contributed by atoms with Crippen LogP contribution in [0.4, 0.5) is 0 Å². The van der Waals surface area contributed by atoms with Gasteiger partial charge in [0.1, 0.15) is 0 Å². The molecular formula is C18H28Ge3. The molecule has 0 spiro atoms. The molecule has 21 heavy (non-hydrogen) atoms. The molecular weight excluding hydrogens is 434 g/mol. The van der Waals surface area contributed by atoms with Gasteiger partial charge in [-0.3, -0.25) is 0 Å². The summed E-state index contributed by atoms with van der Waals surface area (Å²) in [5.74, 6) is 14.0. The van der Waals surface area contributed by atoms with Crippen LogP contribution in [0.5, 0.6) is 0 Å². The first kappa shape index (κ1) is 21.1. The van der Waals surface area contributed by atoms with E-state index in [1.165, 1.54) is 8.79 Å². The second-order valence-electron chi connectivity index (χ2n) is 5.86. The van der Waals surface area contributed by atoms with Crippen LogP contribution in [0.2, 0.25) is 34.5 Å². The first-order valence-electron chi connectivity index (χ1n) is 7.32. The average Bonchev–Trinajstić information content (AvgIpc) is 2.40. The molecule has 0 unspecified atom stereocenters. The van der Waals surface area contributed by atoms with Crippen molar-refractivity contribution in [3.05, 3.63) is 60.7 Å². The van der Waals surface area contributed by atoms with Crippen molar-refractivity contribution in [1.29, 1.82) is 0 Å². The summed E-state index contributed by atoms with van der Waals surface area (Å²) in [6.07, 6.45) is 0. The van der Waals surface area contributed by atoms with Crippen LogP contribution in [-0.2, 0) is 0 Å². The molecule has 0 fully saturated rings. The molecule has 0 aromatic heterocycles. The molecule has 0 amide bonds. The SMILES string of the molecule is [CH3][Ge]([CH3])[CH3].[CH3][Ge]([CH3])[CH3].c1cc[c]([Ge][c]2ccccc2)cc1. The number of benzene rings is 2. The van der Waals surface area contributed by atoms with Gasteiger partial charge in [0, 0.05) is 0 Å². The fraction of sp³-hybridized carbons (Fsp3) is 0.333. The first-order valence-corrected chi connectivity index (χ1v) is 22.0. The van der Waals surface area contributed by atoms with Crippen molar-refractivity contribution in [2.45, 2.75) is 34.5 Å². The minimum absolute atomic E-state index is 0.108. The molecule has 0 aliphatic carbocycles. The molecule has 2 aromatic rings. The van der Waals surface area contributed by atoms with Crippen molar-refractivity contribution < 1.29 is 0 Å². The topological polar surface area (TPSA) is 0 Å². The quantitative estimate of drug-likeness (QED) is 0.591. The zero-order valence-corrected chi connectivity index (χ0v) is 20.6. The van der Waals surface area contributed by atoms with E-state index < -0.39 is 0 Å². The summed E-state index contributed by atoms with van der Waals surface area (Å²) in [7, 11) is 0. The number of hydrogen-bond donors (Lipinski definition) is 0. The molecule has 4 radical (unpaired) electrons. The molecule has 0 aliphatic heterocycles. The van der Waals surface area contributed by atoms with Gasteiger partial charge in [0.2, 0.25) is 0 Å². The summed E-state index contributed by atoms with van der Waals surface area (Å²) in [5, 5.41) is 0. The maximum atomic E-state index is 2.33. The van der Waals surface area contributed by atoms with Crippen LogP contribution in [0.25, 0.3) is 0 Å². The Labute approximate surface area is 147 Å².